The molecular formula is C21H26N4O2S. The van der Waals surface area contributed by atoms with E-state index in [1.165, 1.54) is 0 Å². The maximum absolute atomic E-state index is 12.9. The third-order valence-electron chi connectivity index (χ3n) is 5.63. The van der Waals surface area contributed by atoms with Gasteiger partial charge < -0.3 is 14.5 Å². The van der Waals surface area contributed by atoms with Gasteiger partial charge in [-0.25, -0.2) is 4.98 Å². The molecule has 3 aromatic rings. The molecule has 2 aromatic heterocycles. The molecule has 1 aliphatic heterocycles. The predicted molar refractivity (Wildman–Crippen MR) is 112 cm³/mol. The number of fused-ring (bicyclic) bond motifs is 1. The van der Waals surface area contributed by atoms with Crippen molar-refractivity contribution in [2.24, 2.45) is 0 Å². The smallest absolute Gasteiger partial charge is 0.228 e. The van der Waals surface area contributed by atoms with Gasteiger partial charge in [-0.15, -0.1) is 11.3 Å². The average molecular weight is 399 g/mol. The first kappa shape index (κ1) is 19.0. The van der Waals surface area contributed by atoms with Crippen LogP contribution >= 0.6 is 11.3 Å². The van der Waals surface area contributed by atoms with Crippen LogP contribution < -0.4 is 4.74 Å². The molecule has 1 aromatic carbocycles. The Hall–Kier alpha value is -2.38. The van der Waals surface area contributed by atoms with Crippen molar-refractivity contribution in [2.45, 2.75) is 25.3 Å². The van der Waals surface area contributed by atoms with E-state index in [0.29, 0.717) is 12.5 Å². The van der Waals surface area contributed by atoms with Gasteiger partial charge >= 0.3 is 0 Å². The van der Waals surface area contributed by atoms with Gasteiger partial charge in [0.05, 0.1) is 19.2 Å². The van der Waals surface area contributed by atoms with Crippen LogP contribution in [-0.2, 0) is 11.2 Å². The van der Waals surface area contributed by atoms with Gasteiger partial charge in [0, 0.05) is 35.9 Å². The second-order valence-electron chi connectivity index (χ2n) is 7.45. The van der Waals surface area contributed by atoms with E-state index in [9.17, 15) is 4.79 Å². The summed E-state index contributed by atoms with van der Waals surface area (Å²) in [6, 6.07) is 8.22. The third kappa shape index (κ3) is 3.77. The van der Waals surface area contributed by atoms with Crippen molar-refractivity contribution >= 4 is 22.2 Å². The highest BCUT2D eigenvalue weighted by molar-refractivity contribution is 7.15. The largest absolute Gasteiger partial charge is 0.497 e. The van der Waals surface area contributed by atoms with E-state index in [4.69, 9.17) is 9.72 Å². The number of hydrogen-bond acceptors (Lipinski definition) is 5. The van der Waals surface area contributed by atoms with Crippen molar-refractivity contribution in [3.63, 3.8) is 0 Å². The molecule has 0 unspecified atom stereocenters. The summed E-state index contributed by atoms with van der Waals surface area (Å²) < 4.78 is 7.27. The Morgan fingerprint density at radius 1 is 1.29 bits per heavy atom. The molecule has 7 heteroatoms. The highest BCUT2D eigenvalue weighted by atomic mass is 32.1. The van der Waals surface area contributed by atoms with Crippen molar-refractivity contribution in [3.05, 3.63) is 41.5 Å². The van der Waals surface area contributed by atoms with Crippen molar-refractivity contribution < 1.29 is 9.53 Å². The first-order valence-corrected chi connectivity index (χ1v) is 10.5. The molecule has 0 aliphatic carbocycles. The first-order valence-electron chi connectivity index (χ1n) is 9.59. The van der Waals surface area contributed by atoms with E-state index < -0.39 is 0 Å². The molecule has 0 N–H and O–H groups in total. The van der Waals surface area contributed by atoms with Crippen LogP contribution in [0.4, 0.5) is 0 Å². The van der Waals surface area contributed by atoms with Crippen LogP contribution in [0.15, 0.2) is 35.8 Å². The molecule has 0 spiro atoms. The number of aromatic nitrogens is 2. The third-order valence-corrected chi connectivity index (χ3v) is 6.52. The number of carbonyl (C=O) groups is 1. The van der Waals surface area contributed by atoms with Gasteiger partial charge in [0.15, 0.2) is 4.96 Å². The highest BCUT2D eigenvalue weighted by Crippen LogP contribution is 2.26. The molecule has 28 heavy (non-hydrogen) atoms. The molecule has 4 rings (SSSR count). The zero-order valence-electron chi connectivity index (χ0n) is 16.6. The summed E-state index contributed by atoms with van der Waals surface area (Å²) >= 11 is 1.58. The van der Waals surface area contributed by atoms with Crippen LogP contribution in [0.25, 0.3) is 16.2 Å². The lowest BCUT2D eigenvalue weighted by atomic mass is 10.0. The molecule has 1 aliphatic rings. The quantitative estimate of drug-likeness (QED) is 0.662. The molecule has 0 radical (unpaired) electrons. The maximum atomic E-state index is 12.9. The number of thiazole rings is 1. The van der Waals surface area contributed by atoms with Crippen LogP contribution in [0.3, 0.4) is 0 Å². The summed E-state index contributed by atoms with van der Waals surface area (Å²) in [7, 11) is 5.74. The predicted octanol–water partition coefficient (Wildman–Crippen LogP) is 3.17. The molecule has 0 saturated carbocycles. The maximum Gasteiger partial charge on any atom is 0.228 e. The fourth-order valence-corrected chi connectivity index (χ4v) is 4.60. The zero-order chi connectivity index (χ0) is 19.7. The SMILES string of the molecule is COc1ccc(-c2cn3c(CC(=O)N(C)C4CCN(C)CC4)csc3n2)cc1. The molecule has 148 valence electrons. The van der Waals surface area contributed by atoms with Crippen molar-refractivity contribution in [1.29, 1.82) is 0 Å². The lowest BCUT2D eigenvalue weighted by Crippen LogP contribution is -2.45. The van der Waals surface area contributed by atoms with Gasteiger partial charge in [0.25, 0.3) is 0 Å². The topological polar surface area (TPSA) is 50.1 Å². The summed E-state index contributed by atoms with van der Waals surface area (Å²) in [5, 5.41) is 2.04. The van der Waals surface area contributed by atoms with E-state index in [2.05, 4.69) is 11.9 Å². The monoisotopic (exact) mass is 398 g/mol. The van der Waals surface area contributed by atoms with E-state index in [1.54, 1.807) is 18.4 Å². The number of carbonyl (C=O) groups excluding carboxylic acids is 1. The Balaban J connectivity index is 1.49. The van der Waals surface area contributed by atoms with E-state index in [1.807, 2.05) is 52.2 Å². The number of methoxy groups -OCH3 is 1. The second kappa shape index (κ2) is 7.93. The lowest BCUT2D eigenvalue weighted by molar-refractivity contribution is -0.132. The Morgan fingerprint density at radius 2 is 2.00 bits per heavy atom. The van der Waals surface area contributed by atoms with Crippen LogP contribution in [-0.4, -0.2) is 65.4 Å². The number of imidazole rings is 1. The van der Waals surface area contributed by atoms with Crippen LogP contribution in [0, 0.1) is 0 Å². The molecule has 1 amide bonds. The van der Waals surface area contributed by atoms with Crippen LogP contribution in [0.5, 0.6) is 5.75 Å². The first-order chi connectivity index (χ1) is 13.5. The van der Waals surface area contributed by atoms with E-state index in [0.717, 1.165) is 53.6 Å². The van der Waals surface area contributed by atoms with Gasteiger partial charge in [0.2, 0.25) is 5.91 Å². The fraction of sp³-hybridized carbons (Fsp3) is 0.429. The minimum atomic E-state index is 0.175. The van der Waals surface area contributed by atoms with Crippen molar-refractivity contribution in [1.82, 2.24) is 19.2 Å². The van der Waals surface area contributed by atoms with Gasteiger partial charge in [-0.1, -0.05) is 0 Å². The van der Waals surface area contributed by atoms with Crippen molar-refractivity contribution in [2.75, 3.05) is 34.3 Å². The summed E-state index contributed by atoms with van der Waals surface area (Å²) in [5.74, 6) is 1.00. The number of likely N-dealkylation sites (tertiary alicyclic amines) is 1. The second-order valence-corrected chi connectivity index (χ2v) is 8.29. The molecule has 6 nitrogen and oxygen atoms in total. The van der Waals surface area contributed by atoms with Gasteiger partial charge in [-0.3, -0.25) is 9.20 Å². The van der Waals surface area contributed by atoms with Gasteiger partial charge in [-0.2, -0.15) is 0 Å². The molecule has 3 heterocycles. The van der Waals surface area contributed by atoms with E-state index >= 15 is 0 Å². The number of amides is 1. The summed E-state index contributed by atoms with van der Waals surface area (Å²) in [6.45, 7) is 2.11. The summed E-state index contributed by atoms with van der Waals surface area (Å²) in [4.78, 5) is 22.7. The molecule has 1 saturated heterocycles. The van der Waals surface area contributed by atoms with Crippen LogP contribution in [0.1, 0.15) is 18.5 Å². The Morgan fingerprint density at radius 3 is 2.68 bits per heavy atom. The number of hydrogen-bond donors (Lipinski definition) is 0. The van der Waals surface area contributed by atoms with Gasteiger partial charge in [0.1, 0.15) is 5.75 Å². The zero-order valence-corrected chi connectivity index (χ0v) is 17.4. The minimum absolute atomic E-state index is 0.175. The Bertz CT molecular complexity index is 955. The Kier molecular flexibility index (Phi) is 5.37. The number of rotatable bonds is 5. The molecule has 1 fully saturated rings. The number of piperidine rings is 1. The lowest BCUT2D eigenvalue weighted by Gasteiger charge is -2.35. The molecular weight excluding hydrogens is 372 g/mol. The number of benzene rings is 1. The summed E-state index contributed by atoms with van der Waals surface area (Å²) in [5.41, 5.74) is 2.95. The van der Waals surface area contributed by atoms with Crippen LogP contribution in [0.2, 0.25) is 0 Å². The fourth-order valence-electron chi connectivity index (χ4n) is 3.72. The molecule has 0 bridgehead atoms. The van der Waals surface area contributed by atoms with Crippen molar-refractivity contribution in [3.8, 4) is 17.0 Å². The number of nitrogens with zero attached hydrogens (tertiary/aromatic N) is 4. The average Bonchev–Trinajstić information content (AvgIpc) is 3.30. The van der Waals surface area contributed by atoms with E-state index in [-0.39, 0.29) is 5.91 Å². The number of likely N-dealkylation sites (N-methyl/N-ethyl adjacent to an activating group) is 1. The minimum Gasteiger partial charge on any atom is -0.497 e. The highest BCUT2D eigenvalue weighted by Gasteiger charge is 2.24. The van der Waals surface area contributed by atoms with Gasteiger partial charge in [-0.05, 0) is 57.2 Å². The Labute approximate surface area is 169 Å². The normalized spacial score (nSPS) is 15.8. The standard InChI is InChI=1S/C21H26N4O2S/c1-23-10-8-16(9-11-23)24(2)20(26)12-17-14-28-21-22-19(13-25(17)21)15-4-6-18(27-3)7-5-15/h4-7,13-14,16H,8-12H2,1-3H3. The molecule has 0 atom stereocenters. The number of ether oxygens (including phenoxy) is 1. The summed E-state index contributed by atoms with van der Waals surface area (Å²) in [6.07, 6.45) is 4.52.